The molecule has 8 nitrogen and oxygen atoms in total. The minimum absolute atomic E-state index is 0.122. The number of hydrogen-bond donors (Lipinski definition) is 2. The molecule has 162 valence electrons. The Balaban J connectivity index is 1.53. The van der Waals surface area contributed by atoms with Crippen LogP contribution in [0, 0.1) is 0 Å². The highest BCUT2D eigenvalue weighted by molar-refractivity contribution is 6.35. The van der Waals surface area contributed by atoms with Crippen molar-refractivity contribution in [3.05, 3.63) is 54.5 Å². The quantitative estimate of drug-likeness (QED) is 0.477. The first-order valence-electron chi connectivity index (χ1n) is 10.3. The highest BCUT2D eigenvalue weighted by atomic mass is 16.5. The molecule has 0 radical (unpaired) electrons. The molecule has 0 bridgehead atoms. The maximum Gasteiger partial charge on any atom is 0.309 e. The topological polar surface area (TPSA) is 87.0 Å². The van der Waals surface area contributed by atoms with Crippen LogP contribution in [-0.2, 0) is 14.3 Å². The molecule has 2 heterocycles. The van der Waals surface area contributed by atoms with Gasteiger partial charge >= 0.3 is 11.8 Å². The number of carbonyl (C=O) groups is 2. The molecule has 0 aliphatic carbocycles. The van der Waals surface area contributed by atoms with Crippen molar-refractivity contribution >= 4 is 17.5 Å². The third-order valence-electron chi connectivity index (χ3n) is 5.22. The second-order valence-electron chi connectivity index (χ2n) is 7.20. The maximum absolute atomic E-state index is 12.2. The van der Waals surface area contributed by atoms with Crippen molar-refractivity contribution in [2.24, 2.45) is 0 Å². The van der Waals surface area contributed by atoms with Crippen LogP contribution in [0.25, 0.3) is 0 Å². The van der Waals surface area contributed by atoms with Gasteiger partial charge in [0.1, 0.15) is 5.76 Å². The van der Waals surface area contributed by atoms with E-state index in [9.17, 15) is 9.59 Å². The van der Waals surface area contributed by atoms with Gasteiger partial charge in [0.15, 0.2) is 0 Å². The molecule has 1 fully saturated rings. The third-order valence-corrected chi connectivity index (χ3v) is 5.22. The number of nitrogens with one attached hydrogen (secondary N) is 2. The number of methoxy groups -OCH3 is 1. The largest absolute Gasteiger partial charge is 0.468 e. The predicted octanol–water partition coefficient (Wildman–Crippen LogP) is 1.41. The number of carbonyl (C=O) groups excluding carboxylic acids is 2. The number of furan rings is 1. The van der Waals surface area contributed by atoms with Crippen molar-refractivity contribution in [3.8, 4) is 0 Å². The van der Waals surface area contributed by atoms with Crippen LogP contribution in [0.5, 0.6) is 0 Å². The van der Waals surface area contributed by atoms with Gasteiger partial charge in [-0.1, -0.05) is 18.2 Å². The molecule has 0 unspecified atom stereocenters. The lowest BCUT2D eigenvalue weighted by Crippen LogP contribution is -2.50. The number of nitrogens with zero attached hydrogens (tertiary/aromatic N) is 2. The fourth-order valence-corrected chi connectivity index (χ4v) is 3.59. The second-order valence-corrected chi connectivity index (χ2v) is 7.20. The van der Waals surface area contributed by atoms with E-state index in [4.69, 9.17) is 9.15 Å². The van der Waals surface area contributed by atoms with Crippen LogP contribution in [0.15, 0.2) is 53.1 Å². The summed E-state index contributed by atoms with van der Waals surface area (Å²) in [7, 11) is 1.60. The van der Waals surface area contributed by atoms with E-state index in [0.29, 0.717) is 26.1 Å². The Kier molecular flexibility index (Phi) is 8.29. The zero-order valence-electron chi connectivity index (χ0n) is 17.4. The van der Waals surface area contributed by atoms with E-state index in [1.165, 1.54) is 5.69 Å². The van der Waals surface area contributed by atoms with Crippen molar-refractivity contribution in [2.45, 2.75) is 12.5 Å². The monoisotopic (exact) mass is 414 g/mol. The molecule has 2 aromatic rings. The minimum atomic E-state index is -0.633. The standard InChI is InChI=1S/C22H30N4O4/c1-29-15-6-10-23-21(27)22(28)24-17-19(20-9-5-16-30-20)26-13-11-25(12-14-26)18-7-3-2-4-8-18/h2-5,7-9,16,19H,6,10-15,17H2,1H3,(H,23,27)(H,24,28)/t19-/m1/s1. The first-order chi connectivity index (χ1) is 14.7. The Labute approximate surface area is 177 Å². The summed E-state index contributed by atoms with van der Waals surface area (Å²) >= 11 is 0. The number of amides is 2. The van der Waals surface area contributed by atoms with Crippen molar-refractivity contribution in [1.29, 1.82) is 0 Å². The third kappa shape index (κ3) is 6.08. The zero-order chi connectivity index (χ0) is 21.2. The van der Waals surface area contributed by atoms with Gasteiger partial charge in [0.2, 0.25) is 0 Å². The summed E-state index contributed by atoms with van der Waals surface area (Å²) in [6.45, 7) is 4.69. The van der Waals surface area contributed by atoms with Gasteiger partial charge in [0.05, 0.1) is 12.3 Å². The molecular weight excluding hydrogens is 384 g/mol. The smallest absolute Gasteiger partial charge is 0.309 e. The van der Waals surface area contributed by atoms with E-state index in [1.807, 2.05) is 30.3 Å². The fraction of sp³-hybridized carbons (Fsp3) is 0.455. The van der Waals surface area contributed by atoms with Crippen LogP contribution in [-0.4, -0.2) is 69.7 Å². The molecule has 1 aromatic carbocycles. The molecule has 1 aliphatic rings. The maximum atomic E-state index is 12.2. The normalized spacial score (nSPS) is 15.6. The molecule has 0 spiro atoms. The lowest BCUT2D eigenvalue weighted by atomic mass is 10.1. The first kappa shape index (κ1) is 21.9. The summed E-state index contributed by atoms with van der Waals surface area (Å²) in [5.74, 6) is -0.478. The Bertz CT molecular complexity index is 774. The highest BCUT2D eigenvalue weighted by Crippen LogP contribution is 2.24. The van der Waals surface area contributed by atoms with E-state index in [2.05, 4.69) is 32.6 Å². The molecule has 3 rings (SSSR count). The summed E-state index contributed by atoms with van der Waals surface area (Å²) in [6, 6.07) is 14.0. The minimum Gasteiger partial charge on any atom is -0.468 e. The number of ether oxygens (including phenoxy) is 1. The van der Waals surface area contributed by atoms with Crippen molar-refractivity contribution in [2.75, 3.05) is 57.9 Å². The van der Waals surface area contributed by atoms with Gasteiger partial charge in [-0.2, -0.15) is 0 Å². The van der Waals surface area contributed by atoms with Gasteiger partial charge in [0.25, 0.3) is 0 Å². The van der Waals surface area contributed by atoms with Crippen LogP contribution in [0.1, 0.15) is 18.2 Å². The van der Waals surface area contributed by atoms with Crippen molar-refractivity contribution in [1.82, 2.24) is 15.5 Å². The van der Waals surface area contributed by atoms with E-state index >= 15 is 0 Å². The lowest BCUT2D eigenvalue weighted by molar-refractivity contribution is -0.139. The number of piperazine rings is 1. The lowest BCUT2D eigenvalue weighted by Gasteiger charge is -2.39. The van der Waals surface area contributed by atoms with Gasteiger partial charge in [-0.05, 0) is 30.7 Å². The number of rotatable bonds is 9. The van der Waals surface area contributed by atoms with Crippen LogP contribution < -0.4 is 15.5 Å². The molecule has 2 N–H and O–H groups in total. The van der Waals surface area contributed by atoms with Crippen molar-refractivity contribution in [3.63, 3.8) is 0 Å². The van der Waals surface area contributed by atoms with Crippen LogP contribution in [0.4, 0.5) is 5.69 Å². The molecule has 1 atom stereocenters. The van der Waals surface area contributed by atoms with Crippen LogP contribution >= 0.6 is 0 Å². The molecule has 30 heavy (non-hydrogen) atoms. The van der Waals surface area contributed by atoms with Crippen molar-refractivity contribution < 1.29 is 18.7 Å². The SMILES string of the molecule is COCCCNC(=O)C(=O)NC[C@H](c1ccco1)N1CCN(c2ccccc2)CC1. The number of hydrogen-bond acceptors (Lipinski definition) is 6. The molecule has 1 aliphatic heterocycles. The predicted molar refractivity (Wildman–Crippen MR) is 114 cm³/mol. The Morgan fingerprint density at radius 1 is 1.03 bits per heavy atom. The molecule has 0 saturated carbocycles. The number of anilines is 1. The van der Waals surface area contributed by atoms with Gasteiger partial charge in [0, 0.05) is 58.7 Å². The Morgan fingerprint density at radius 2 is 1.77 bits per heavy atom. The molecule has 2 amide bonds. The summed E-state index contributed by atoms with van der Waals surface area (Å²) in [5, 5.41) is 5.36. The molecule has 1 saturated heterocycles. The summed E-state index contributed by atoms with van der Waals surface area (Å²) in [5.41, 5.74) is 1.21. The highest BCUT2D eigenvalue weighted by Gasteiger charge is 2.28. The van der Waals surface area contributed by atoms with E-state index in [1.54, 1.807) is 13.4 Å². The molecular formula is C22H30N4O4. The van der Waals surface area contributed by atoms with E-state index in [0.717, 1.165) is 31.9 Å². The van der Waals surface area contributed by atoms with E-state index in [-0.39, 0.29) is 6.04 Å². The average Bonchev–Trinajstić information content (AvgIpc) is 3.32. The Morgan fingerprint density at radius 3 is 2.43 bits per heavy atom. The van der Waals surface area contributed by atoms with Gasteiger partial charge < -0.3 is 24.7 Å². The van der Waals surface area contributed by atoms with E-state index < -0.39 is 11.8 Å². The first-order valence-corrected chi connectivity index (χ1v) is 10.3. The Hall–Kier alpha value is -2.84. The number of para-hydroxylation sites is 1. The van der Waals surface area contributed by atoms with Crippen LogP contribution in [0.2, 0.25) is 0 Å². The average molecular weight is 415 g/mol. The molecule has 1 aromatic heterocycles. The van der Waals surface area contributed by atoms with Crippen LogP contribution in [0.3, 0.4) is 0 Å². The van der Waals surface area contributed by atoms with Gasteiger partial charge in [-0.15, -0.1) is 0 Å². The second kappa shape index (κ2) is 11.4. The van der Waals surface area contributed by atoms with Gasteiger partial charge in [-0.3, -0.25) is 14.5 Å². The van der Waals surface area contributed by atoms with Gasteiger partial charge in [-0.25, -0.2) is 0 Å². The summed E-state index contributed by atoms with van der Waals surface area (Å²) in [6.07, 6.45) is 2.29. The summed E-state index contributed by atoms with van der Waals surface area (Å²) in [4.78, 5) is 28.8. The zero-order valence-corrected chi connectivity index (χ0v) is 17.4. The number of benzene rings is 1. The molecule has 8 heteroatoms. The fourth-order valence-electron chi connectivity index (χ4n) is 3.59. The summed E-state index contributed by atoms with van der Waals surface area (Å²) < 4.78 is 10.6.